The van der Waals surface area contributed by atoms with Crippen molar-refractivity contribution in [1.29, 1.82) is 0 Å². The van der Waals surface area contributed by atoms with Crippen LogP contribution in [0.1, 0.15) is 58.4 Å². The van der Waals surface area contributed by atoms with Crippen molar-refractivity contribution in [3.05, 3.63) is 29.8 Å². The van der Waals surface area contributed by atoms with Crippen LogP contribution in [0.3, 0.4) is 0 Å². The van der Waals surface area contributed by atoms with E-state index in [1.807, 2.05) is 0 Å². The number of hydrogen-bond acceptors (Lipinski definition) is 5. The van der Waals surface area contributed by atoms with Gasteiger partial charge in [-0.15, -0.1) is 0 Å². The van der Waals surface area contributed by atoms with Gasteiger partial charge >= 0.3 is 5.97 Å². The van der Waals surface area contributed by atoms with E-state index >= 15 is 0 Å². The molecule has 4 aliphatic rings. The van der Waals surface area contributed by atoms with Crippen molar-refractivity contribution in [3.8, 4) is 0 Å². The van der Waals surface area contributed by atoms with Gasteiger partial charge in [-0.2, -0.15) is 4.31 Å². The standard InChI is InChI=1S/C25H36N2O5S/c1-6-27(33(30,31)20-10-8-7-9-16(20)2)24(3,4)22(28)26-21-18-11-17-12-19(21)15-25(13-17,14-18)23(29)32-5/h7-10,17-19,21H,6,11-15H2,1-5H3,(H,26,28). The molecule has 5 rings (SSSR count). The van der Waals surface area contributed by atoms with Gasteiger partial charge in [-0.1, -0.05) is 25.1 Å². The van der Waals surface area contributed by atoms with Gasteiger partial charge in [-0.05, 0) is 82.3 Å². The second-order valence-electron chi connectivity index (χ2n) is 10.7. The minimum atomic E-state index is -3.86. The van der Waals surface area contributed by atoms with Gasteiger partial charge in [0.2, 0.25) is 15.9 Å². The molecule has 0 heterocycles. The summed E-state index contributed by atoms with van der Waals surface area (Å²) in [7, 11) is -2.40. The van der Waals surface area contributed by atoms with Crippen molar-refractivity contribution in [2.75, 3.05) is 13.7 Å². The first-order valence-corrected chi connectivity index (χ1v) is 13.4. The zero-order valence-electron chi connectivity index (χ0n) is 20.3. The molecule has 4 aliphatic carbocycles. The molecule has 4 saturated carbocycles. The van der Waals surface area contributed by atoms with E-state index in [0.29, 0.717) is 11.5 Å². The van der Waals surface area contributed by atoms with Gasteiger partial charge in [0.15, 0.2) is 0 Å². The number of amides is 1. The third-order valence-electron chi connectivity index (χ3n) is 8.32. The molecule has 1 aromatic carbocycles. The van der Waals surface area contributed by atoms with Crippen LogP contribution in [-0.2, 0) is 24.3 Å². The number of nitrogens with one attached hydrogen (secondary N) is 1. The molecular formula is C25H36N2O5S. The highest BCUT2D eigenvalue weighted by atomic mass is 32.2. The van der Waals surface area contributed by atoms with Gasteiger partial charge in [-0.3, -0.25) is 9.59 Å². The molecule has 4 bridgehead atoms. The fourth-order valence-corrected chi connectivity index (χ4v) is 8.98. The lowest BCUT2D eigenvalue weighted by Crippen LogP contribution is -2.65. The number of esters is 1. The largest absolute Gasteiger partial charge is 0.469 e. The number of aryl methyl sites for hydroxylation is 1. The maximum Gasteiger partial charge on any atom is 0.311 e. The average Bonchev–Trinajstić information content (AvgIpc) is 2.75. The molecule has 7 nitrogen and oxygen atoms in total. The van der Waals surface area contributed by atoms with Crippen molar-refractivity contribution in [2.24, 2.45) is 23.2 Å². The fraction of sp³-hybridized carbons (Fsp3) is 0.680. The summed E-state index contributed by atoms with van der Waals surface area (Å²) in [5.41, 5.74) is -1.02. The Kier molecular flexibility index (Phi) is 6.15. The Bertz CT molecular complexity index is 1030. The maximum absolute atomic E-state index is 13.6. The van der Waals surface area contributed by atoms with Crippen molar-refractivity contribution in [3.63, 3.8) is 0 Å². The Balaban J connectivity index is 1.56. The van der Waals surface area contributed by atoms with E-state index in [0.717, 1.165) is 32.1 Å². The van der Waals surface area contributed by atoms with E-state index in [9.17, 15) is 18.0 Å². The summed E-state index contributed by atoms with van der Waals surface area (Å²) in [6.45, 7) is 7.05. The summed E-state index contributed by atoms with van der Waals surface area (Å²) >= 11 is 0. The van der Waals surface area contributed by atoms with Crippen LogP contribution in [-0.4, -0.2) is 49.8 Å². The first-order chi connectivity index (χ1) is 15.5. The predicted octanol–water partition coefficient (Wildman–Crippen LogP) is 3.27. The van der Waals surface area contributed by atoms with E-state index in [1.54, 1.807) is 52.0 Å². The van der Waals surface area contributed by atoms with Gasteiger partial charge < -0.3 is 10.1 Å². The zero-order valence-corrected chi connectivity index (χ0v) is 21.1. The minimum absolute atomic E-state index is 0.0361. The number of methoxy groups -OCH3 is 1. The third-order valence-corrected chi connectivity index (χ3v) is 10.6. The number of rotatable bonds is 7. The van der Waals surface area contributed by atoms with Crippen LogP contribution in [0.15, 0.2) is 29.2 Å². The first kappa shape index (κ1) is 24.2. The van der Waals surface area contributed by atoms with Crippen LogP contribution in [0.4, 0.5) is 0 Å². The highest BCUT2D eigenvalue weighted by Gasteiger charge is 2.59. The molecule has 33 heavy (non-hydrogen) atoms. The van der Waals surface area contributed by atoms with E-state index in [4.69, 9.17) is 4.74 Å². The van der Waals surface area contributed by atoms with Crippen molar-refractivity contribution < 1.29 is 22.7 Å². The molecule has 1 aromatic rings. The molecule has 0 aromatic heterocycles. The number of carbonyl (C=O) groups excluding carboxylic acids is 2. The Labute approximate surface area is 197 Å². The number of sulfonamides is 1. The fourth-order valence-electron chi connectivity index (χ4n) is 7.00. The van der Waals surface area contributed by atoms with E-state index in [2.05, 4.69) is 5.32 Å². The monoisotopic (exact) mass is 476 g/mol. The molecule has 0 saturated heterocycles. The Hall–Kier alpha value is -1.93. The Morgan fingerprint density at radius 2 is 1.76 bits per heavy atom. The summed E-state index contributed by atoms with van der Waals surface area (Å²) in [6.07, 6.45) is 4.35. The van der Waals surface area contributed by atoms with Crippen molar-refractivity contribution >= 4 is 21.9 Å². The van der Waals surface area contributed by atoms with E-state index in [-0.39, 0.29) is 41.2 Å². The molecule has 4 fully saturated rings. The van der Waals surface area contributed by atoms with Crippen LogP contribution in [0, 0.1) is 30.1 Å². The number of carbonyl (C=O) groups is 2. The number of nitrogens with zero attached hydrogens (tertiary/aromatic N) is 1. The molecule has 1 amide bonds. The lowest BCUT2D eigenvalue weighted by molar-refractivity contribution is -0.171. The molecule has 182 valence electrons. The molecule has 0 aliphatic heterocycles. The number of likely N-dealkylation sites (N-methyl/N-ethyl adjacent to an activating group) is 1. The SMILES string of the molecule is CCN(C(C)(C)C(=O)NC1C2CC3CC1CC(C(=O)OC)(C3)C2)S(=O)(=O)c1ccccc1C. The smallest absolute Gasteiger partial charge is 0.311 e. The van der Waals surface area contributed by atoms with Crippen LogP contribution in [0.2, 0.25) is 0 Å². The topological polar surface area (TPSA) is 92.8 Å². The average molecular weight is 477 g/mol. The molecule has 2 unspecified atom stereocenters. The number of hydrogen-bond donors (Lipinski definition) is 1. The highest BCUT2D eigenvalue weighted by molar-refractivity contribution is 7.89. The molecule has 0 spiro atoms. The van der Waals surface area contributed by atoms with Crippen molar-refractivity contribution in [2.45, 2.75) is 76.3 Å². The van der Waals surface area contributed by atoms with Gasteiger partial charge in [0, 0.05) is 12.6 Å². The Morgan fingerprint density at radius 3 is 2.30 bits per heavy atom. The van der Waals surface area contributed by atoms with Gasteiger partial charge in [0.1, 0.15) is 5.54 Å². The van der Waals surface area contributed by atoms with Crippen LogP contribution in [0.25, 0.3) is 0 Å². The summed E-state index contributed by atoms with van der Waals surface area (Å²) < 4.78 is 33.5. The normalized spacial score (nSPS) is 31.0. The molecule has 0 radical (unpaired) electrons. The van der Waals surface area contributed by atoms with Crippen LogP contribution in [0.5, 0.6) is 0 Å². The lowest BCUT2D eigenvalue weighted by Gasteiger charge is -2.59. The van der Waals surface area contributed by atoms with E-state index in [1.165, 1.54) is 11.4 Å². The molecule has 1 N–H and O–H groups in total. The van der Waals surface area contributed by atoms with Gasteiger partial charge in [0.05, 0.1) is 17.4 Å². The van der Waals surface area contributed by atoms with Crippen molar-refractivity contribution in [1.82, 2.24) is 9.62 Å². The zero-order chi connectivity index (χ0) is 24.2. The quantitative estimate of drug-likeness (QED) is 0.610. The summed E-state index contributed by atoms with van der Waals surface area (Å²) in [6, 6.07) is 6.82. The van der Waals surface area contributed by atoms with Gasteiger partial charge in [0.25, 0.3) is 0 Å². The second-order valence-corrected chi connectivity index (χ2v) is 12.6. The summed E-state index contributed by atoms with van der Waals surface area (Å²) in [5, 5.41) is 3.23. The Morgan fingerprint density at radius 1 is 1.15 bits per heavy atom. The van der Waals surface area contributed by atoms with Gasteiger partial charge in [-0.25, -0.2) is 8.42 Å². The summed E-state index contributed by atoms with van der Waals surface area (Å²) in [5.74, 6) is 0.534. The number of ether oxygens (including phenoxy) is 1. The number of benzene rings is 1. The third kappa shape index (κ3) is 3.89. The molecule has 8 heteroatoms. The molecule has 2 atom stereocenters. The summed E-state index contributed by atoms with van der Waals surface area (Å²) in [4.78, 5) is 26.4. The lowest BCUT2D eigenvalue weighted by atomic mass is 9.48. The minimum Gasteiger partial charge on any atom is -0.469 e. The maximum atomic E-state index is 13.6. The van der Waals surface area contributed by atoms with Crippen LogP contribution >= 0.6 is 0 Å². The molecular weight excluding hydrogens is 440 g/mol. The van der Waals surface area contributed by atoms with E-state index < -0.39 is 21.0 Å². The van der Waals surface area contributed by atoms with Crippen LogP contribution < -0.4 is 5.32 Å². The first-order valence-electron chi connectivity index (χ1n) is 11.9. The predicted molar refractivity (Wildman–Crippen MR) is 125 cm³/mol. The second kappa shape index (κ2) is 8.38. The highest BCUT2D eigenvalue weighted by Crippen LogP contribution is 2.60.